The van der Waals surface area contributed by atoms with Gasteiger partial charge in [0.25, 0.3) is 0 Å². The van der Waals surface area contributed by atoms with Gasteiger partial charge in [0.2, 0.25) is 0 Å². The number of rotatable bonds is 5. The Morgan fingerprint density at radius 1 is 1.33 bits per heavy atom. The fourth-order valence-corrected chi connectivity index (χ4v) is 2.29. The zero-order valence-corrected chi connectivity index (χ0v) is 11.5. The Kier molecular flexibility index (Phi) is 4.38. The van der Waals surface area contributed by atoms with Crippen molar-refractivity contribution in [2.24, 2.45) is 12.8 Å². The molecule has 0 saturated heterocycles. The van der Waals surface area contributed by atoms with Crippen molar-refractivity contribution >= 4 is 11.8 Å². The second-order valence-corrected chi connectivity index (χ2v) is 5.16. The fraction of sp³-hybridized carbons (Fsp3) is 0.385. The number of thioether (sulfide) groups is 1. The van der Waals surface area contributed by atoms with E-state index in [0.717, 1.165) is 29.4 Å². The van der Waals surface area contributed by atoms with Gasteiger partial charge < -0.3 is 5.73 Å². The summed E-state index contributed by atoms with van der Waals surface area (Å²) >= 11 is 1.80. The van der Waals surface area contributed by atoms with Crippen LogP contribution in [0.1, 0.15) is 18.3 Å². The van der Waals surface area contributed by atoms with Crippen molar-refractivity contribution in [3.8, 4) is 11.4 Å². The molecule has 0 amide bonds. The SMILES string of the molecule is CSCCC(N)c1nc(-c2ccccc2)nn1C. The first-order chi connectivity index (χ1) is 8.72. The number of nitrogens with zero attached hydrogens (tertiary/aromatic N) is 3. The van der Waals surface area contributed by atoms with Crippen molar-refractivity contribution in [3.63, 3.8) is 0 Å². The molecule has 2 N–H and O–H groups in total. The predicted molar refractivity (Wildman–Crippen MR) is 76.4 cm³/mol. The fourth-order valence-electron chi connectivity index (χ4n) is 1.80. The minimum absolute atomic E-state index is 0.0487. The van der Waals surface area contributed by atoms with Crippen molar-refractivity contribution in [3.05, 3.63) is 36.2 Å². The third kappa shape index (κ3) is 2.91. The zero-order chi connectivity index (χ0) is 13.0. The van der Waals surface area contributed by atoms with Crippen LogP contribution in [0, 0.1) is 0 Å². The molecule has 4 nitrogen and oxygen atoms in total. The van der Waals surface area contributed by atoms with Gasteiger partial charge in [-0.3, -0.25) is 4.68 Å². The van der Waals surface area contributed by atoms with Gasteiger partial charge in [0.15, 0.2) is 5.82 Å². The zero-order valence-electron chi connectivity index (χ0n) is 10.7. The van der Waals surface area contributed by atoms with Gasteiger partial charge in [0.1, 0.15) is 5.82 Å². The molecule has 1 heterocycles. The summed E-state index contributed by atoms with van der Waals surface area (Å²) in [5, 5.41) is 4.43. The molecular weight excluding hydrogens is 244 g/mol. The van der Waals surface area contributed by atoms with Crippen LogP contribution in [0.25, 0.3) is 11.4 Å². The smallest absolute Gasteiger partial charge is 0.181 e. The number of aryl methyl sites for hydroxylation is 1. The Bertz CT molecular complexity index is 495. The third-order valence-electron chi connectivity index (χ3n) is 2.79. The van der Waals surface area contributed by atoms with Gasteiger partial charge in [-0.25, -0.2) is 4.98 Å². The molecule has 2 aromatic rings. The number of hydrogen-bond donors (Lipinski definition) is 1. The Morgan fingerprint density at radius 2 is 2.06 bits per heavy atom. The van der Waals surface area contributed by atoms with Gasteiger partial charge in [-0.05, 0) is 18.4 Å². The van der Waals surface area contributed by atoms with Crippen LogP contribution in [0.5, 0.6) is 0 Å². The lowest BCUT2D eigenvalue weighted by Crippen LogP contribution is -2.16. The van der Waals surface area contributed by atoms with Gasteiger partial charge in [-0.15, -0.1) is 0 Å². The van der Waals surface area contributed by atoms with E-state index in [9.17, 15) is 0 Å². The van der Waals surface area contributed by atoms with E-state index in [4.69, 9.17) is 5.73 Å². The summed E-state index contributed by atoms with van der Waals surface area (Å²) in [4.78, 5) is 4.55. The molecule has 0 radical (unpaired) electrons. The molecule has 1 unspecified atom stereocenters. The largest absolute Gasteiger partial charge is 0.321 e. The average molecular weight is 262 g/mol. The number of aromatic nitrogens is 3. The molecule has 0 spiro atoms. The maximum atomic E-state index is 6.14. The van der Waals surface area contributed by atoms with Crippen molar-refractivity contribution in [1.29, 1.82) is 0 Å². The summed E-state index contributed by atoms with van der Waals surface area (Å²) in [6.07, 6.45) is 3.00. The summed E-state index contributed by atoms with van der Waals surface area (Å²) in [6, 6.07) is 9.92. The second-order valence-electron chi connectivity index (χ2n) is 4.17. The van der Waals surface area contributed by atoms with Crippen LogP contribution in [0.4, 0.5) is 0 Å². The lowest BCUT2D eigenvalue weighted by molar-refractivity contribution is 0.593. The molecule has 0 aliphatic rings. The van der Waals surface area contributed by atoms with Crippen LogP contribution in [-0.2, 0) is 7.05 Å². The molecule has 5 heteroatoms. The topological polar surface area (TPSA) is 56.7 Å². The lowest BCUT2D eigenvalue weighted by Gasteiger charge is -2.08. The van der Waals surface area contributed by atoms with E-state index in [1.807, 2.05) is 37.4 Å². The Labute approximate surface area is 112 Å². The van der Waals surface area contributed by atoms with Crippen molar-refractivity contribution in [1.82, 2.24) is 14.8 Å². The molecule has 0 saturated carbocycles. The number of nitrogens with two attached hydrogens (primary N) is 1. The molecule has 0 aliphatic heterocycles. The normalized spacial score (nSPS) is 12.6. The highest BCUT2D eigenvalue weighted by molar-refractivity contribution is 7.98. The summed E-state index contributed by atoms with van der Waals surface area (Å²) in [5.41, 5.74) is 7.16. The van der Waals surface area contributed by atoms with Crippen LogP contribution in [0.2, 0.25) is 0 Å². The standard InChI is InChI=1S/C13H18N4S/c1-17-13(11(14)8-9-18-2)15-12(16-17)10-6-4-3-5-7-10/h3-7,11H,8-9,14H2,1-2H3. The van der Waals surface area contributed by atoms with E-state index in [1.165, 1.54) is 0 Å². The Hall–Kier alpha value is -1.33. The number of hydrogen-bond acceptors (Lipinski definition) is 4. The van der Waals surface area contributed by atoms with E-state index in [0.29, 0.717) is 0 Å². The summed E-state index contributed by atoms with van der Waals surface area (Å²) in [6.45, 7) is 0. The van der Waals surface area contributed by atoms with Gasteiger partial charge >= 0.3 is 0 Å². The minimum Gasteiger partial charge on any atom is -0.321 e. The highest BCUT2D eigenvalue weighted by Crippen LogP contribution is 2.19. The van der Waals surface area contributed by atoms with Crippen molar-refractivity contribution in [2.75, 3.05) is 12.0 Å². The quantitative estimate of drug-likeness (QED) is 0.897. The monoisotopic (exact) mass is 262 g/mol. The maximum Gasteiger partial charge on any atom is 0.181 e. The minimum atomic E-state index is -0.0487. The van der Waals surface area contributed by atoms with Gasteiger partial charge in [-0.1, -0.05) is 30.3 Å². The van der Waals surface area contributed by atoms with Gasteiger partial charge in [0.05, 0.1) is 6.04 Å². The molecule has 2 rings (SSSR count). The van der Waals surface area contributed by atoms with E-state index in [2.05, 4.69) is 16.3 Å². The Morgan fingerprint density at radius 3 is 2.72 bits per heavy atom. The first-order valence-corrected chi connectivity index (χ1v) is 7.32. The van der Waals surface area contributed by atoms with Crippen LogP contribution in [0.3, 0.4) is 0 Å². The highest BCUT2D eigenvalue weighted by atomic mass is 32.2. The first kappa shape index (κ1) is 13.1. The molecule has 0 bridgehead atoms. The Balaban J connectivity index is 2.22. The lowest BCUT2D eigenvalue weighted by atomic mass is 10.2. The summed E-state index contributed by atoms with van der Waals surface area (Å²) < 4.78 is 1.79. The molecular formula is C13H18N4S. The van der Waals surface area contributed by atoms with Crippen molar-refractivity contribution in [2.45, 2.75) is 12.5 Å². The number of benzene rings is 1. The maximum absolute atomic E-state index is 6.14. The van der Waals surface area contributed by atoms with Crippen LogP contribution in [0.15, 0.2) is 30.3 Å². The van der Waals surface area contributed by atoms with E-state index >= 15 is 0 Å². The molecule has 1 aromatic carbocycles. The van der Waals surface area contributed by atoms with Crippen LogP contribution >= 0.6 is 11.8 Å². The van der Waals surface area contributed by atoms with Crippen molar-refractivity contribution < 1.29 is 0 Å². The third-order valence-corrected chi connectivity index (χ3v) is 3.44. The van der Waals surface area contributed by atoms with Gasteiger partial charge in [-0.2, -0.15) is 16.9 Å². The molecule has 0 aliphatic carbocycles. The predicted octanol–water partition coefficient (Wildman–Crippen LogP) is 2.24. The molecule has 1 aromatic heterocycles. The molecule has 18 heavy (non-hydrogen) atoms. The van der Waals surface area contributed by atoms with Crippen LogP contribution in [-0.4, -0.2) is 26.8 Å². The average Bonchev–Trinajstić information content (AvgIpc) is 2.79. The highest BCUT2D eigenvalue weighted by Gasteiger charge is 2.15. The first-order valence-electron chi connectivity index (χ1n) is 5.93. The summed E-state index contributed by atoms with van der Waals surface area (Å²) in [5.74, 6) is 2.63. The molecule has 0 fully saturated rings. The second kappa shape index (κ2) is 6.02. The molecule has 96 valence electrons. The van der Waals surface area contributed by atoms with E-state index in [1.54, 1.807) is 16.4 Å². The van der Waals surface area contributed by atoms with E-state index < -0.39 is 0 Å². The van der Waals surface area contributed by atoms with E-state index in [-0.39, 0.29) is 6.04 Å². The van der Waals surface area contributed by atoms with Gasteiger partial charge in [0, 0.05) is 12.6 Å². The summed E-state index contributed by atoms with van der Waals surface area (Å²) in [7, 11) is 1.90. The van der Waals surface area contributed by atoms with Crippen LogP contribution < -0.4 is 5.73 Å². The molecule has 1 atom stereocenters.